The largest absolute Gasteiger partial charge is 0.491 e. The Morgan fingerprint density at radius 1 is 1.09 bits per heavy atom. The second-order valence-corrected chi connectivity index (χ2v) is 5.81. The smallest absolute Gasteiger partial charge is 0.315 e. The molecule has 0 aromatic heterocycles. The van der Waals surface area contributed by atoms with Crippen molar-refractivity contribution in [2.75, 3.05) is 13.2 Å². The molecule has 0 radical (unpaired) electrons. The molecule has 23 heavy (non-hydrogen) atoms. The molecule has 2 N–H and O–H groups in total. The highest BCUT2D eigenvalue weighted by molar-refractivity contribution is 5.74. The van der Waals surface area contributed by atoms with Gasteiger partial charge < -0.3 is 20.1 Å². The minimum atomic E-state index is -0.199. The van der Waals surface area contributed by atoms with Crippen LogP contribution in [0.3, 0.4) is 0 Å². The third kappa shape index (κ3) is 2.82. The first-order valence-corrected chi connectivity index (χ1v) is 7.80. The Kier molecular flexibility index (Phi) is 3.54. The first kappa shape index (κ1) is 13.9. The van der Waals surface area contributed by atoms with Crippen LogP contribution in [0.15, 0.2) is 48.5 Å². The van der Waals surface area contributed by atoms with Crippen LogP contribution in [-0.2, 0) is 6.42 Å². The van der Waals surface area contributed by atoms with E-state index >= 15 is 0 Å². The Morgan fingerprint density at radius 2 is 1.87 bits per heavy atom. The number of carbonyl (C=O) groups excluding carboxylic acids is 1. The van der Waals surface area contributed by atoms with E-state index in [1.165, 1.54) is 5.56 Å². The van der Waals surface area contributed by atoms with Gasteiger partial charge in [0.2, 0.25) is 0 Å². The van der Waals surface area contributed by atoms with Crippen molar-refractivity contribution < 1.29 is 14.3 Å². The number of hydrogen-bond donors (Lipinski definition) is 2. The summed E-state index contributed by atoms with van der Waals surface area (Å²) in [5.41, 5.74) is 2.21. The van der Waals surface area contributed by atoms with Gasteiger partial charge in [-0.15, -0.1) is 0 Å². The van der Waals surface area contributed by atoms with E-state index in [1.54, 1.807) is 0 Å². The van der Waals surface area contributed by atoms with Crippen molar-refractivity contribution in [3.05, 3.63) is 59.7 Å². The predicted molar refractivity (Wildman–Crippen MR) is 85.8 cm³/mol. The third-order valence-electron chi connectivity index (χ3n) is 4.21. The van der Waals surface area contributed by atoms with Crippen LogP contribution in [-0.4, -0.2) is 25.3 Å². The summed E-state index contributed by atoms with van der Waals surface area (Å²) in [6, 6.07) is 15.4. The van der Waals surface area contributed by atoms with E-state index in [1.807, 2.05) is 42.5 Å². The van der Waals surface area contributed by atoms with Crippen LogP contribution >= 0.6 is 0 Å². The summed E-state index contributed by atoms with van der Waals surface area (Å²) in [4.78, 5) is 12.1. The van der Waals surface area contributed by atoms with Crippen LogP contribution in [0.4, 0.5) is 4.79 Å². The number of hydrogen-bond acceptors (Lipinski definition) is 3. The van der Waals surface area contributed by atoms with Gasteiger partial charge in [0.05, 0.1) is 12.6 Å². The molecule has 0 fully saturated rings. The summed E-state index contributed by atoms with van der Waals surface area (Å²) in [6.45, 7) is 0.952. The molecular weight excluding hydrogens is 292 g/mol. The van der Waals surface area contributed by atoms with Crippen molar-refractivity contribution in [1.82, 2.24) is 10.6 Å². The van der Waals surface area contributed by atoms with Gasteiger partial charge in [0.1, 0.15) is 24.2 Å². The number of urea groups is 1. The molecule has 2 aromatic carbocycles. The van der Waals surface area contributed by atoms with Crippen molar-refractivity contribution >= 4 is 6.03 Å². The normalized spacial score (nSPS) is 20.9. The molecule has 0 saturated heterocycles. The van der Waals surface area contributed by atoms with E-state index in [2.05, 4.69) is 16.7 Å². The van der Waals surface area contributed by atoms with Crippen molar-refractivity contribution in [2.24, 2.45) is 0 Å². The standard InChI is InChI=1S/C18H18N2O3/c21-18(20-15-11-22-17-8-4-2-6-14(15)17)19-10-13-9-12-5-1-3-7-16(12)23-13/h1-8,13,15H,9-11H2,(H2,19,20,21). The van der Waals surface area contributed by atoms with E-state index in [0.717, 1.165) is 23.5 Å². The van der Waals surface area contributed by atoms with Gasteiger partial charge in [-0.25, -0.2) is 4.79 Å². The van der Waals surface area contributed by atoms with Crippen LogP contribution in [0.5, 0.6) is 11.5 Å². The zero-order valence-corrected chi connectivity index (χ0v) is 12.6. The summed E-state index contributed by atoms with van der Waals surface area (Å²) in [6.07, 6.45) is 0.816. The maximum Gasteiger partial charge on any atom is 0.315 e. The van der Waals surface area contributed by atoms with Crippen LogP contribution in [0, 0.1) is 0 Å². The maximum absolute atomic E-state index is 12.1. The molecule has 0 spiro atoms. The number of carbonyl (C=O) groups is 1. The minimum absolute atomic E-state index is 0.00901. The highest BCUT2D eigenvalue weighted by Gasteiger charge is 2.26. The molecule has 2 aliphatic rings. The van der Waals surface area contributed by atoms with Gasteiger partial charge in [0, 0.05) is 12.0 Å². The number of fused-ring (bicyclic) bond motifs is 2. The first-order chi connectivity index (χ1) is 11.3. The van der Waals surface area contributed by atoms with E-state index in [0.29, 0.717) is 13.2 Å². The Bertz CT molecular complexity index is 707. The molecule has 0 bridgehead atoms. The predicted octanol–water partition coefficient (Wildman–Crippen LogP) is 2.42. The van der Waals surface area contributed by atoms with Crippen LogP contribution in [0.1, 0.15) is 17.2 Å². The lowest BCUT2D eigenvalue weighted by Crippen LogP contribution is -2.42. The van der Waals surface area contributed by atoms with Crippen molar-refractivity contribution in [3.63, 3.8) is 0 Å². The van der Waals surface area contributed by atoms with Gasteiger partial charge in [-0.2, -0.15) is 0 Å². The van der Waals surface area contributed by atoms with Crippen molar-refractivity contribution in [3.8, 4) is 11.5 Å². The number of para-hydroxylation sites is 2. The maximum atomic E-state index is 12.1. The Hall–Kier alpha value is -2.69. The van der Waals surface area contributed by atoms with Gasteiger partial charge in [-0.3, -0.25) is 0 Å². The zero-order valence-electron chi connectivity index (χ0n) is 12.6. The Balaban J connectivity index is 1.29. The van der Waals surface area contributed by atoms with Crippen LogP contribution < -0.4 is 20.1 Å². The molecule has 0 saturated carbocycles. The summed E-state index contributed by atoms with van der Waals surface area (Å²) >= 11 is 0. The quantitative estimate of drug-likeness (QED) is 0.915. The highest BCUT2D eigenvalue weighted by Crippen LogP contribution is 2.31. The van der Waals surface area contributed by atoms with Gasteiger partial charge in [-0.05, 0) is 17.7 Å². The lowest BCUT2D eigenvalue weighted by Gasteiger charge is -2.15. The fraction of sp³-hybridized carbons (Fsp3) is 0.278. The summed E-state index contributed by atoms with van der Waals surface area (Å²) in [5, 5.41) is 5.84. The van der Waals surface area contributed by atoms with Crippen molar-refractivity contribution in [2.45, 2.75) is 18.6 Å². The average molecular weight is 310 g/mol. The Morgan fingerprint density at radius 3 is 2.74 bits per heavy atom. The zero-order chi connectivity index (χ0) is 15.6. The topological polar surface area (TPSA) is 59.6 Å². The molecule has 2 unspecified atom stereocenters. The number of ether oxygens (including phenoxy) is 2. The van der Waals surface area contributed by atoms with Crippen LogP contribution in [0.25, 0.3) is 0 Å². The van der Waals surface area contributed by atoms with Gasteiger partial charge in [0.25, 0.3) is 0 Å². The van der Waals surface area contributed by atoms with E-state index < -0.39 is 0 Å². The number of nitrogens with one attached hydrogen (secondary N) is 2. The molecule has 2 aromatic rings. The van der Waals surface area contributed by atoms with E-state index in [-0.39, 0.29) is 18.2 Å². The second-order valence-electron chi connectivity index (χ2n) is 5.81. The average Bonchev–Trinajstić information content (AvgIpc) is 3.17. The molecular formula is C18H18N2O3. The number of amides is 2. The fourth-order valence-electron chi connectivity index (χ4n) is 3.07. The summed E-state index contributed by atoms with van der Waals surface area (Å²) < 4.78 is 11.4. The third-order valence-corrected chi connectivity index (χ3v) is 4.21. The molecule has 0 aliphatic carbocycles. The molecule has 2 amide bonds. The molecule has 2 atom stereocenters. The monoisotopic (exact) mass is 310 g/mol. The Labute approximate surface area is 134 Å². The second kappa shape index (κ2) is 5.83. The van der Waals surface area contributed by atoms with Crippen LogP contribution in [0.2, 0.25) is 0 Å². The van der Waals surface area contributed by atoms with Gasteiger partial charge in [0.15, 0.2) is 0 Å². The summed E-state index contributed by atoms with van der Waals surface area (Å²) in [5.74, 6) is 1.75. The number of benzene rings is 2. The highest BCUT2D eigenvalue weighted by atomic mass is 16.5. The molecule has 118 valence electrons. The molecule has 4 rings (SSSR count). The van der Waals surface area contributed by atoms with E-state index in [9.17, 15) is 4.79 Å². The van der Waals surface area contributed by atoms with Crippen molar-refractivity contribution in [1.29, 1.82) is 0 Å². The SMILES string of the molecule is O=C(NCC1Cc2ccccc2O1)NC1COc2ccccc21. The van der Waals surface area contributed by atoms with Gasteiger partial charge in [-0.1, -0.05) is 36.4 Å². The summed E-state index contributed by atoms with van der Waals surface area (Å²) in [7, 11) is 0. The first-order valence-electron chi connectivity index (χ1n) is 7.80. The minimum Gasteiger partial charge on any atom is -0.491 e. The lowest BCUT2D eigenvalue weighted by molar-refractivity contribution is 0.210. The number of rotatable bonds is 3. The lowest BCUT2D eigenvalue weighted by atomic mass is 10.1. The molecule has 2 heterocycles. The molecule has 5 nitrogen and oxygen atoms in total. The van der Waals surface area contributed by atoms with E-state index in [4.69, 9.17) is 9.47 Å². The fourth-order valence-corrected chi connectivity index (χ4v) is 3.07. The van der Waals surface area contributed by atoms with Gasteiger partial charge >= 0.3 is 6.03 Å². The molecule has 2 aliphatic heterocycles. The molecule has 5 heteroatoms.